The highest BCUT2D eigenvalue weighted by Crippen LogP contribution is 2.24. The van der Waals surface area contributed by atoms with E-state index in [-0.39, 0.29) is 5.82 Å². The largest absolute Gasteiger partial charge is 0.494 e. The van der Waals surface area contributed by atoms with Crippen molar-refractivity contribution in [3.05, 3.63) is 78.5 Å². The fourth-order valence-electron chi connectivity index (χ4n) is 2.94. The zero-order chi connectivity index (χ0) is 20.2. The van der Waals surface area contributed by atoms with Crippen LogP contribution in [0.25, 0.3) is 16.9 Å². The molecule has 7 heteroatoms. The lowest BCUT2D eigenvalue weighted by Crippen LogP contribution is -1.98. The van der Waals surface area contributed by atoms with Gasteiger partial charge < -0.3 is 10.1 Å². The first-order valence-corrected chi connectivity index (χ1v) is 9.28. The summed E-state index contributed by atoms with van der Waals surface area (Å²) >= 11 is 0. The number of anilines is 2. The zero-order valence-electron chi connectivity index (χ0n) is 16.1. The number of nitrogens with zero attached hydrogens (tertiary/aromatic N) is 4. The van der Waals surface area contributed by atoms with Gasteiger partial charge in [-0.3, -0.25) is 0 Å². The van der Waals surface area contributed by atoms with Crippen LogP contribution >= 0.6 is 0 Å². The Morgan fingerprint density at radius 2 is 1.79 bits per heavy atom. The maximum atomic E-state index is 13.2. The van der Waals surface area contributed by atoms with E-state index in [4.69, 9.17) is 4.74 Å². The highest BCUT2D eigenvalue weighted by atomic mass is 19.1. The molecule has 146 valence electrons. The van der Waals surface area contributed by atoms with E-state index in [1.165, 1.54) is 12.1 Å². The third kappa shape index (κ3) is 4.24. The Kier molecular flexibility index (Phi) is 5.20. The Balaban J connectivity index is 1.58. The first kappa shape index (κ1) is 18.6. The predicted octanol–water partition coefficient (Wildman–Crippen LogP) is 4.92. The van der Waals surface area contributed by atoms with Crippen LogP contribution in [0.5, 0.6) is 5.75 Å². The van der Waals surface area contributed by atoms with Crippen LogP contribution < -0.4 is 10.1 Å². The second-order valence-electron chi connectivity index (χ2n) is 6.40. The molecule has 4 aromatic rings. The summed E-state index contributed by atoms with van der Waals surface area (Å²) in [6, 6.07) is 15.7. The Hall–Kier alpha value is -3.74. The van der Waals surface area contributed by atoms with Gasteiger partial charge in [0.2, 0.25) is 5.95 Å². The van der Waals surface area contributed by atoms with Crippen molar-refractivity contribution in [2.24, 2.45) is 0 Å². The summed E-state index contributed by atoms with van der Waals surface area (Å²) in [5, 5.41) is 7.73. The molecule has 2 aromatic heterocycles. The number of hydrogen-bond donors (Lipinski definition) is 1. The summed E-state index contributed by atoms with van der Waals surface area (Å²) in [5.41, 5.74) is 4.10. The third-order valence-corrected chi connectivity index (χ3v) is 4.34. The quantitative estimate of drug-likeness (QED) is 0.507. The fraction of sp³-hybridized carbons (Fsp3) is 0.136. The highest BCUT2D eigenvalue weighted by molar-refractivity contribution is 5.64. The number of aromatic nitrogens is 4. The third-order valence-electron chi connectivity index (χ3n) is 4.34. The average molecular weight is 389 g/mol. The van der Waals surface area contributed by atoms with Crippen LogP contribution in [0.2, 0.25) is 0 Å². The number of halogens is 1. The maximum Gasteiger partial charge on any atom is 0.227 e. The molecule has 0 radical (unpaired) electrons. The molecule has 29 heavy (non-hydrogen) atoms. The van der Waals surface area contributed by atoms with Crippen LogP contribution in [0.3, 0.4) is 0 Å². The molecule has 6 nitrogen and oxygen atoms in total. The van der Waals surface area contributed by atoms with E-state index in [0.717, 1.165) is 34.1 Å². The Labute approximate surface area is 168 Å². The van der Waals surface area contributed by atoms with Gasteiger partial charge in [-0.05, 0) is 68.4 Å². The molecule has 0 amide bonds. The maximum absolute atomic E-state index is 13.2. The van der Waals surface area contributed by atoms with Crippen molar-refractivity contribution in [1.82, 2.24) is 19.7 Å². The molecule has 0 spiro atoms. The minimum absolute atomic E-state index is 0.279. The van der Waals surface area contributed by atoms with Gasteiger partial charge in [0.25, 0.3) is 0 Å². The Bertz CT molecular complexity index is 1110. The van der Waals surface area contributed by atoms with Crippen molar-refractivity contribution >= 4 is 11.6 Å². The summed E-state index contributed by atoms with van der Waals surface area (Å²) in [6.07, 6.45) is 3.58. The molecule has 2 aromatic carbocycles. The summed E-state index contributed by atoms with van der Waals surface area (Å²) in [4.78, 5) is 8.91. The molecule has 0 saturated carbocycles. The van der Waals surface area contributed by atoms with E-state index in [2.05, 4.69) is 20.4 Å². The monoisotopic (exact) mass is 389 g/mol. The van der Waals surface area contributed by atoms with Crippen LogP contribution in [0.4, 0.5) is 16.0 Å². The van der Waals surface area contributed by atoms with Crippen LogP contribution in [0.15, 0.2) is 67.0 Å². The number of rotatable bonds is 6. The number of aryl methyl sites for hydroxylation is 1. The van der Waals surface area contributed by atoms with Crippen LogP contribution in [0, 0.1) is 12.7 Å². The van der Waals surface area contributed by atoms with E-state index in [0.29, 0.717) is 12.6 Å². The highest BCUT2D eigenvalue weighted by Gasteiger charge is 2.11. The van der Waals surface area contributed by atoms with Gasteiger partial charge in [-0.2, -0.15) is 5.10 Å². The predicted molar refractivity (Wildman–Crippen MR) is 110 cm³/mol. The van der Waals surface area contributed by atoms with E-state index in [1.807, 2.05) is 50.4 Å². The molecule has 0 unspecified atom stereocenters. The van der Waals surface area contributed by atoms with Gasteiger partial charge in [0.05, 0.1) is 23.7 Å². The summed E-state index contributed by atoms with van der Waals surface area (Å²) < 4.78 is 20.3. The summed E-state index contributed by atoms with van der Waals surface area (Å²) in [5.74, 6) is 1.02. The minimum atomic E-state index is -0.279. The van der Waals surface area contributed by atoms with Gasteiger partial charge in [-0.1, -0.05) is 0 Å². The molecule has 0 fully saturated rings. The molecule has 4 rings (SSSR count). The van der Waals surface area contributed by atoms with E-state index in [1.54, 1.807) is 23.0 Å². The van der Waals surface area contributed by atoms with Gasteiger partial charge in [-0.15, -0.1) is 0 Å². The van der Waals surface area contributed by atoms with Crippen molar-refractivity contribution in [3.8, 4) is 22.7 Å². The van der Waals surface area contributed by atoms with E-state index >= 15 is 0 Å². The number of ether oxygens (including phenoxy) is 1. The van der Waals surface area contributed by atoms with Gasteiger partial charge in [0.15, 0.2) is 0 Å². The molecular weight excluding hydrogens is 369 g/mol. The van der Waals surface area contributed by atoms with Crippen LogP contribution in [-0.4, -0.2) is 26.4 Å². The van der Waals surface area contributed by atoms with Gasteiger partial charge in [0, 0.05) is 23.6 Å². The molecular formula is C22H20FN5O. The Morgan fingerprint density at radius 1 is 1.03 bits per heavy atom. The van der Waals surface area contributed by atoms with Gasteiger partial charge >= 0.3 is 0 Å². The lowest BCUT2D eigenvalue weighted by molar-refractivity contribution is 0.340. The fourth-order valence-corrected chi connectivity index (χ4v) is 2.94. The van der Waals surface area contributed by atoms with Crippen molar-refractivity contribution in [3.63, 3.8) is 0 Å². The first-order chi connectivity index (χ1) is 14.1. The summed E-state index contributed by atoms with van der Waals surface area (Å²) in [6.45, 7) is 4.49. The summed E-state index contributed by atoms with van der Waals surface area (Å²) in [7, 11) is 0. The van der Waals surface area contributed by atoms with Gasteiger partial charge in [-0.25, -0.2) is 19.0 Å². The standard InChI is InChI=1S/C22H20FN5O/c1-3-29-19-10-6-17(7-11-19)25-22-24-13-12-21(26-22)20-14-28(27-15(20)2)18-8-4-16(23)5-9-18/h4-14H,3H2,1-2H3,(H,24,25,26). The topological polar surface area (TPSA) is 64.9 Å². The lowest BCUT2D eigenvalue weighted by Gasteiger charge is -2.07. The second-order valence-corrected chi connectivity index (χ2v) is 6.40. The van der Waals surface area contributed by atoms with Crippen molar-refractivity contribution in [2.75, 3.05) is 11.9 Å². The van der Waals surface area contributed by atoms with Crippen molar-refractivity contribution in [2.45, 2.75) is 13.8 Å². The number of nitrogens with one attached hydrogen (secondary N) is 1. The number of benzene rings is 2. The molecule has 0 atom stereocenters. The van der Waals surface area contributed by atoms with E-state index < -0.39 is 0 Å². The molecule has 2 heterocycles. The minimum Gasteiger partial charge on any atom is -0.494 e. The smallest absolute Gasteiger partial charge is 0.227 e. The normalized spacial score (nSPS) is 10.7. The van der Waals surface area contributed by atoms with Crippen LogP contribution in [0.1, 0.15) is 12.6 Å². The molecule has 0 bridgehead atoms. The SMILES string of the molecule is CCOc1ccc(Nc2nccc(-c3cn(-c4ccc(F)cc4)nc3C)n2)cc1. The van der Waals surface area contributed by atoms with Crippen molar-refractivity contribution < 1.29 is 9.13 Å². The zero-order valence-corrected chi connectivity index (χ0v) is 16.1. The van der Waals surface area contributed by atoms with Crippen LogP contribution in [-0.2, 0) is 0 Å². The molecule has 0 aliphatic rings. The molecule has 0 saturated heterocycles. The molecule has 0 aliphatic heterocycles. The van der Waals surface area contributed by atoms with E-state index in [9.17, 15) is 4.39 Å². The second kappa shape index (κ2) is 8.10. The van der Waals surface area contributed by atoms with Crippen molar-refractivity contribution in [1.29, 1.82) is 0 Å². The van der Waals surface area contributed by atoms with Gasteiger partial charge in [0.1, 0.15) is 11.6 Å². The molecule has 1 N–H and O–H groups in total. The Morgan fingerprint density at radius 3 is 2.52 bits per heavy atom. The lowest BCUT2D eigenvalue weighted by atomic mass is 10.2. The molecule has 0 aliphatic carbocycles. The average Bonchev–Trinajstić information content (AvgIpc) is 3.12. The first-order valence-electron chi connectivity index (χ1n) is 9.28. The number of hydrogen-bond acceptors (Lipinski definition) is 5.